The van der Waals surface area contributed by atoms with E-state index >= 15 is 0 Å². The maximum Gasteiger partial charge on any atom is 0.261 e. The van der Waals surface area contributed by atoms with Crippen molar-refractivity contribution in [3.63, 3.8) is 0 Å². The van der Waals surface area contributed by atoms with Crippen molar-refractivity contribution in [1.82, 2.24) is 0 Å². The zero-order valence-electron chi connectivity index (χ0n) is 12.2. The molecule has 2 N–H and O–H groups in total. The van der Waals surface area contributed by atoms with Crippen LogP contribution in [0.1, 0.15) is 35.6 Å². The second kappa shape index (κ2) is 4.44. The van der Waals surface area contributed by atoms with Gasteiger partial charge in [0, 0.05) is 12.0 Å². The Bertz CT molecular complexity index is 551. The van der Waals surface area contributed by atoms with Gasteiger partial charge in [-0.3, -0.25) is 4.79 Å². The van der Waals surface area contributed by atoms with E-state index in [0.717, 1.165) is 40.2 Å². The molecule has 0 radical (unpaired) electrons. The SMILES string of the molecule is COc1c(C)c(C)c2c(c1C)CCC(C)(C(N)=O)O2. The van der Waals surface area contributed by atoms with Crippen molar-refractivity contribution >= 4 is 5.91 Å². The Morgan fingerprint density at radius 2 is 1.89 bits per heavy atom. The van der Waals surface area contributed by atoms with Gasteiger partial charge in [0.2, 0.25) is 0 Å². The molecule has 1 aromatic carbocycles. The number of nitrogens with two attached hydrogens (primary N) is 1. The average Bonchev–Trinajstić information content (AvgIpc) is 2.36. The molecule has 0 bridgehead atoms. The summed E-state index contributed by atoms with van der Waals surface area (Å²) in [4.78, 5) is 11.6. The molecule has 2 rings (SSSR count). The molecule has 0 fully saturated rings. The fourth-order valence-corrected chi connectivity index (χ4v) is 2.71. The van der Waals surface area contributed by atoms with Gasteiger partial charge in [-0.1, -0.05) is 0 Å². The molecule has 0 aromatic heterocycles. The fourth-order valence-electron chi connectivity index (χ4n) is 2.71. The summed E-state index contributed by atoms with van der Waals surface area (Å²) >= 11 is 0. The molecule has 0 saturated carbocycles. The van der Waals surface area contributed by atoms with Crippen LogP contribution in [-0.2, 0) is 11.2 Å². The topological polar surface area (TPSA) is 61.5 Å². The first-order valence-electron chi connectivity index (χ1n) is 6.47. The maximum atomic E-state index is 11.6. The third-order valence-electron chi connectivity index (χ3n) is 4.22. The Labute approximate surface area is 113 Å². The summed E-state index contributed by atoms with van der Waals surface area (Å²) < 4.78 is 11.4. The molecule has 1 heterocycles. The van der Waals surface area contributed by atoms with E-state index in [9.17, 15) is 4.79 Å². The molecule has 0 aliphatic carbocycles. The van der Waals surface area contributed by atoms with Crippen LogP contribution < -0.4 is 15.2 Å². The highest BCUT2D eigenvalue weighted by atomic mass is 16.5. The Hall–Kier alpha value is -1.71. The third-order valence-corrected chi connectivity index (χ3v) is 4.22. The minimum Gasteiger partial charge on any atom is -0.496 e. The lowest BCUT2D eigenvalue weighted by Crippen LogP contribution is -2.48. The summed E-state index contributed by atoms with van der Waals surface area (Å²) in [6.45, 7) is 7.77. The molecule has 4 nitrogen and oxygen atoms in total. The van der Waals surface area contributed by atoms with E-state index in [1.165, 1.54) is 0 Å². The van der Waals surface area contributed by atoms with Crippen molar-refractivity contribution in [2.24, 2.45) is 5.73 Å². The normalized spacial score (nSPS) is 21.5. The molecule has 1 amide bonds. The Balaban J connectivity index is 2.61. The van der Waals surface area contributed by atoms with Crippen LogP contribution >= 0.6 is 0 Å². The Morgan fingerprint density at radius 3 is 2.42 bits per heavy atom. The molecule has 1 aromatic rings. The standard InChI is InChI=1S/C15H21NO3/c1-8-9(2)13-11(10(3)12(8)18-5)6-7-15(4,19-13)14(16)17/h6-7H2,1-5H3,(H2,16,17). The first-order valence-corrected chi connectivity index (χ1v) is 6.47. The number of primary amides is 1. The van der Waals surface area contributed by atoms with Crippen LogP contribution in [0.3, 0.4) is 0 Å². The summed E-state index contributed by atoms with van der Waals surface area (Å²) in [5.74, 6) is 1.29. The first kappa shape index (κ1) is 13.7. The number of carbonyl (C=O) groups is 1. The van der Waals surface area contributed by atoms with Crippen LogP contribution in [0.4, 0.5) is 0 Å². The van der Waals surface area contributed by atoms with E-state index in [-0.39, 0.29) is 0 Å². The average molecular weight is 263 g/mol. The minimum absolute atomic E-state index is 0.413. The number of ether oxygens (including phenoxy) is 2. The Morgan fingerprint density at radius 1 is 1.26 bits per heavy atom. The number of hydrogen-bond donors (Lipinski definition) is 1. The van der Waals surface area contributed by atoms with Gasteiger partial charge in [-0.05, 0) is 50.8 Å². The van der Waals surface area contributed by atoms with E-state index in [1.54, 1.807) is 14.0 Å². The quantitative estimate of drug-likeness (QED) is 0.889. The fraction of sp³-hybridized carbons (Fsp3) is 0.533. The minimum atomic E-state index is -0.911. The molecule has 1 atom stereocenters. The van der Waals surface area contributed by atoms with Crippen molar-refractivity contribution in [3.8, 4) is 11.5 Å². The second-order valence-corrected chi connectivity index (χ2v) is 5.41. The molecule has 1 aliphatic rings. The molecule has 104 valence electrons. The van der Waals surface area contributed by atoms with Crippen LogP contribution in [-0.4, -0.2) is 18.6 Å². The van der Waals surface area contributed by atoms with Crippen molar-refractivity contribution in [2.75, 3.05) is 7.11 Å². The molecule has 0 spiro atoms. The van der Waals surface area contributed by atoms with Crippen LogP contribution in [0, 0.1) is 20.8 Å². The highest BCUT2D eigenvalue weighted by molar-refractivity contribution is 5.84. The number of fused-ring (bicyclic) bond motifs is 1. The largest absolute Gasteiger partial charge is 0.496 e. The van der Waals surface area contributed by atoms with Gasteiger partial charge in [0.15, 0.2) is 5.60 Å². The van der Waals surface area contributed by atoms with Gasteiger partial charge in [0.25, 0.3) is 5.91 Å². The Kier molecular flexibility index (Phi) is 3.20. The highest BCUT2D eigenvalue weighted by Crippen LogP contribution is 2.43. The lowest BCUT2D eigenvalue weighted by atomic mass is 9.87. The van der Waals surface area contributed by atoms with Gasteiger partial charge < -0.3 is 15.2 Å². The predicted octanol–water partition coefficient (Wildman–Crippen LogP) is 2.19. The van der Waals surface area contributed by atoms with Crippen LogP contribution in [0.25, 0.3) is 0 Å². The van der Waals surface area contributed by atoms with E-state index < -0.39 is 11.5 Å². The van der Waals surface area contributed by atoms with E-state index in [2.05, 4.69) is 0 Å². The molecular weight excluding hydrogens is 242 g/mol. The molecule has 1 aliphatic heterocycles. The number of amides is 1. The highest BCUT2D eigenvalue weighted by Gasteiger charge is 2.39. The molecule has 1 unspecified atom stereocenters. The number of methoxy groups -OCH3 is 1. The molecule has 19 heavy (non-hydrogen) atoms. The summed E-state index contributed by atoms with van der Waals surface area (Å²) in [5, 5.41) is 0. The van der Waals surface area contributed by atoms with Gasteiger partial charge in [0.05, 0.1) is 7.11 Å². The van der Waals surface area contributed by atoms with Crippen LogP contribution in [0.2, 0.25) is 0 Å². The van der Waals surface area contributed by atoms with E-state index in [1.807, 2.05) is 20.8 Å². The lowest BCUT2D eigenvalue weighted by molar-refractivity contribution is -0.133. The van der Waals surface area contributed by atoms with Gasteiger partial charge in [-0.15, -0.1) is 0 Å². The summed E-state index contributed by atoms with van der Waals surface area (Å²) in [7, 11) is 1.68. The predicted molar refractivity (Wildman–Crippen MR) is 73.8 cm³/mol. The van der Waals surface area contributed by atoms with Crippen LogP contribution in [0.5, 0.6) is 11.5 Å². The second-order valence-electron chi connectivity index (χ2n) is 5.41. The van der Waals surface area contributed by atoms with E-state index in [0.29, 0.717) is 6.42 Å². The van der Waals surface area contributed by atoms with Gasteiger partial charge in [0.1, 0.15) is 11.5 Å². The third kappa shape index (κ3) is 1.95. The van der Waals surface area contributed by atoms with Crippen molar-refractivity contribution in [1.29, 1.82) is 0 Å². The molecule has 4 heteroatoms. The monoisotopic (exact) mass is 263 g/mol. The number of rotatable bonds is 2. The summed E-state index contributed by atoms with van der Waals surface area (Å²) in [5.41, 5.74) is 8.82. The summed E-state index contributed by atoms with van der Waals surface area (Å²) in [6, 6.07) is 0. The molecule has 0 saturated heterocycles. The lowest BCUT2D eigenvalue weighted by Gasteiger charge is -2.35. The molecular formula is C15H21NO3. The maximum absolute atomic E-state index is 11.6. The number of carbonyl (C=O) groups excluding carboxylic acids is 1. The van der Waals surface area contributed by atoms with E-state index in [4.69, 9.17) is 15.2 Å². The van der Waals surface area contributed by atoms with Crippen molar-refractivity contribution in [3.05, 3.63) is 22.3 Å². The number of hydrogen-bond acceptors (Lipinski definition) is 3. The van der Waals surface area contributed by atoms with Gasteiger partial charge >= 0.3 is 0 Å². The van der Waals surface area contributed by atoms with Gasteiger partial charge in [-0.25, -0.2) is 0 Å². The van der Waals surface area contributed by atoms with Gasteiger partial charge in [-0.2, -0.15) is 0 Å². The smallest absolute Gasteiger partial charge is 0.261 e. The van der Waals surface area contributed by atoms with Crippen molar-refractivity contribution in [2.45, 2.75) is 46.1 Å². The zero-order valence-corrected chi connectivity index (χ0v) is 12.2. The van der Waals surface area contributed by atoms with Crippen molar-refractivity contribution < 1.29 is 14.3 Å². The summed E-state index contributed by atoms with van der Waals surface area (Å²) in [6.07, 6.45) is 1.37. The first-order chi connectivity index (χ1) is 8.81. The van der Waals surface area contributed by atoms with Crippen LogP contribution in [0.15, 0.2) is 0 Å². The zero-order chi connectivity index (χ0) is 14.4. The number of benzene rings is 1.